The largest absolute Gasteiger partial charge is 0.361 e. The van der Waals surface area contributed by atoms with Gasteiger partial charge in [-0.05, 0) is 11.6 Å². The molecule has 2 unspecified atom stereocenters. The Morgan fingerprint density at radius 1 is 1.35 bits per heavy atom. The van der Waals surface area contributed by atoms with Gasteiger partial charge in [0, 0.05) is 37.1 Å². The molecule has 0 bridgehead atoms. The lowest BCUT2D eigenvalue weighted by molar-refractivity contribution is -0.117. The van der Waals surface area contributed by atoms with E-state index in [4.69, 9.17) is 0 Å². The molecule has 0 spiro atoms. The lowest BCUT2D eigenvalue weighted by atomic mass is 9.96. The van der Waals surface area contributed by atoms with Crippen molar-refractivity contribution in [2.45, 2.75) is 18.1 Å². The van der Waals surface area contributed by atoms with Gasteiger partial charge in [0.2, 0.25) is 0 Å². The van der Waals surface area contributed by atoms with E-state index in [0.717, 1.165) is 10.7 Å². The van der Waals surface area contributed by atoms with Gasteiger partial charge in [-0.15, -0.1) is 0 Å². The Labute approximate surface area is 122 Å². The number of H-pyrrole nitrogens is 1. The number of hydrogen-bond donors (Lipinski definition) is 1. The minimum Gasteiger partial charge on any atom is -0.361 e. The Morgan fingerprint density at radius 3 is 2.80 bits per heavy atom. The summed E-state index contributed by atoms with van der Waals surface area (Å²) < 4.78 is 0. The molecule has 0 fully saturated rings. The van der Waals surface area contributed by atoms with Crippen molar-refractivity contribution in [2.75, 3.05) is 14.1 Å². The number of aliphatic imine (C=N–C) groups is 1. The molecule has 0 radical (unpaired) electrons. The minimum atomic E-state index is -0.133. The Morgan fingerprint density at radius 2 is 2.10 bits per heavy atom. The number of hydrogen-bond acceptors (Lipinski definition) is 3. The van der Waals surface area contributed by atoms with Crippen molar-refractivity contribution in [3.8, 4) is 0 Å². The van der Waals surface area contributed by atoms with Crippen LogP contribution in [0.2, 0.25) is 0 Å². The van der Waals surface area contributed by atoms with E-state index in [1.165, 1.54) is 10.9 Å². The summed E-state index contributed by atoms with van der Waals surface area (Å²) in [7, 11) is 3.83. The van der Waals surface area contributed by atoms with Crippen molar-refractivity contribution in [3.05, 3.63) is 36.0 Å². The number of nitrogens with zero attached hydrogens (tertiary/aromatic N) is 2. The van der Waals surface area contributed by atoms with Crippen LogP contribution >= 0.6 is 11.8 Å². The Bertz CT molecular complexity index is 689. The first-order chi connectivity index (χ1) is 9.58. The third-order valence-electron chi connectivity index (χ3n) is 3.63. The molecule has 1 aromatic carbocycles. The van der Waals surface area contributed by atoms with Gasteiger partial charge in [-0.3, -0.25) is 4.79 Å². The van der Waals surface area contributed by atoms with E-state index in [1.807, 2.05) is 37.3 Å². The maximum absolute atomic E-state index is 12.1. The molecule has 1 aliphatic heterocycles. The summed E-state index contributed by atoms with van der Waals surface area (Å²) in [6.45, 7) is 2.10. The van der Waals surface area contributed by atoms with Crippen LogP contribution in [0.1, 0.15) is 18.4 Å². The zero-order valence-corrected chi connectivity index (χ0v) is 12.6. The second-order valence-corrected chi connectivity index (χ2v) is 6.35. The van der Waals surface area contributed by atoms with E-state index in [1.54, 1.807) is 11.8 Å². The van der Waals surface area contributed by atoms with E-state index in [9.17, 15) is 4.79 Å². The number of amidine groups is 1. The lowest BCUT2D eigenvalue weighted by Gasteiger charge is -2.17. The van der Waals surface area contributed by atoms with Gasteiger partial charge in [-0.25, -0.2) is 0 Å². The van der Waals surface area contributed by atoms with Crippen LogP contribution in [0.25, 0.3) is 10.9 Å². The Hall–Kier alpha value is -1.75. The van der Waals surface area contributed by atoms with Crippen molar-refractivity contribution in [1.82, 2.24) is 9.88 Å². The molecule has 4 nitrogen and oxygen atoms in total. The molecule has 0 saturated heterocycles. The molecule has 2 aromatic rings. The van der Waals surface area contributed by atoms with Crippen LogP contribution in [-0.2, 0) is 4.79 Å². The van der Waals surface area contributed by atoms with Gasteiger partial charge in [0.05, 0.1) is 0 Å². The molecule has 2 atom stereocenters. The zero-order chi connectivity index (χ0) is 14.3. The first-order valence-electron chi connectivity index (χ1n) is 6.60. The van der Waals surface area contributed by atoms with Crippen molar-refractivity contribution < 1.29 is 4.79 Å². The fourth-order valence-corrected chi connectivity index (χ4v) is 3.59. The highest BCUT2D eigenvalue weighted by molar-refractivity contribution is 8.15. The van der Waals surface area contributed by atoms with Gasteiger partial charge in [-0.2, -0.15) is 4.99 Å². The maximum atomic E-state index is 12.1. The summed E-state index contributed by atoms with van der Waals surface area (Å²) in [5, 5.41) is 1.85. The van der Waals surface area contributed by atoms with Crippen LogP contribution in [0.15, 0.2) is 35.5 Å². The van der Waals surface area contributed by atoms with Crippen molar-refractivity contribution in [2.24, 2.45) is 4.99 Å². The second kappa shape index (κ2) is 4.98. The highest BCUT2D eigenvalue weighted by Gasteiger charge is 2.35. The molecule has 1 aromatic heterocycles. The third-order valence-corrected chi connectivity index (χ3v) is 5.16. The standard InChI is InChI=1S/C15H17N3OS/c1-9(13-14(19)17-15(20-13)18(2)3)11-8-16-12-7-5-4-6-10(11)12/h4-9,13,16H,1-3H3. The highest BCUT2D eigenvalue weighted by Crippen LogP contribution is 2.37. The molecular formula is C15H17N3OS. The zero-order valence-electron chi connectivity index (χ0n) is 11.8. The van der Waals surface area contributed by atoms with Crippen LogP contribution in [-0.4, -0.2) is 40.3 Å². The average Bonchev–Trinajstić information content (AvgIpc) is 3.01. The molecular weight excluding hydrogens is 270 g/mol. The van der Waals surface area contributed by atoms with E-state index in [-0.39, 0.29) is 17.1 Å². The number of fused-ring (bicyclic) bond motifs is 1. The van der Waals surface area contributed by atoms with E-state index in [0.29, 0.717) is 0 Å². The molecule has 5 heteroatoms. The third kappa shape index (κ3) is 2.12. The number of carbonyl (C=O) groups is 1. The summed E-state index contributed by atoms with van der Waals surface area (Å²) in [6, 6.07) is 8.18. The Balaban J connectivity index is 1.91. The number of carbonyl (C=O) groups excluding carboxylic acids is 1. The first-order valence-corrected chi connectivity index (χ1v) is 7.48. The normalized spacial score (nSPS) is 20.2. The SMILES string of the molecule is CC(c1c[nH]c2ccccc12)C1SC(N(C)C)=NC1=O. The Kier molecular flexibility index (Phi) is 3.30. The first kappa shape index (κ1) is 13.2. The lowest BCUT2D eigenvalue weighted by Crippen LogP contribution is -2.20. The van der Waals surface area contributed by atoms with Gasteiger partial charge in [-0.1, -0.05) is 36.9 Å². The minimum absolute atomic E-state index is 0.0310. The number of aromatic amines is 1. The molecule has 0 aliphatic carbocycles. The number of para-hydroxylation sites is 1. The summed E-state index contributed by atoms with van der Waals surface area (Å²) in [4.78, 5) is 21.4. The number of aromatic nitrogens is 1. The fraction of sp³-hybridized carbons (Fsp3) is 0.333. The van der Waals surface area contributed by atoms with Crippen LogP contribution in [0.5, 0.6) is 0 Å². The summed E-state index contributed by atoms with van der Waals surface area (Å²) in [6.07, 6.45) is 2.01. The van der Waals surface area contributed by atoms with E-state index < -0.39 is 0 Å². The number of nitrogens with one attached hydrogen (secondary N) is 1. The van der Waals surface area contributed by atoms with Crippen molar-refractivity contribution in [1.29, 1.82) is 0 Å². The van der Waals surface area contributed by atoms with Gasteiger partial charge in [0.1, 0.15) is 5.25 Å². The van der Waals surface area contributed by atoms with Crippen LogP contribution in [0, 0.1) is 0 Å². The van der Waals surface area contributed by atoms with Crippen LogP contribution < -0.4 is 0 Å². The summed E-state index contributed by atoms with van der Waals surface area (Å²) >= 11 is 1.55. The summed E-state index contributed by atoms with van der Waals surface area (Å²) in [5.41, 5.74) is 2.29. The number of benzene rings is 1. The molecule has 20 heavy (non-hydrogen) atoms. The molecule has 2 heterocycles. The highest BCUT2D eigenvalue weighted by atomic mass is 32.2. The molecule has 1 amide bonds. The molecule has 104 valence electrons. The fourth-order valence-electron chi connectivity index (χ4n) is 2.50. The van der Waals surface area contributed by atoms with Gasteiger partial charge in [0.25, 0.3) is 5.91 Å². The number of rotatable bonds is 2. The monoisotopic (exact) mass is 287 g/mol. The topological polar surface area (TPSA) is 48.5 Å². The van der Waals surface area contributed by atoms with Crippen LogP contribution in [0.3, 0.4) is 0 Å². The predicted molar refractivity (Wildman–Crippen MR) is 84.2 cm³/mol. The quantitative estimate of drug-likeness (QED) is 0.924. The molecule has 1 aliphatic rings. The van der Waals surface area contributed by atoms with Crippen molar-refractivity contribution in [3.63, 3.8) is 0 Å². The molecule has 0 saturated carbocycles. The smallest absolute Gasteiger partial charge is 0.262 e. The maximum Gasteiger partial charge on any atom is 0.262 e. The van der Waals surface area contributed by atoms with Gasteiger partial charge < -0.3 is 9.88 Å². The second-order valence-electron chi connectivity index (χ2n) is 5.24. The van der Waals surface area contributed by atoms with Gasteiger partial charge >= 0.3 is 0 Å². The molecule has 1 N–H and O–H groups in total. The molecule has 3 rings (SSSR count). The van der Waals surface area contributed by atoms with E-state index >= 15 is 0 Å². The van der Waals surface area contributed by atoms with Crippen molar-refractivity contribution >= 4 is 33.7 Å². The number of amides is 1. The van der Waals surface area contributed by atoms with Gasteiger partial charge in [0.15, 0.2) is 5.17 Å². The summed E-state index contributed by atoms with van der Waals surface area (Å²) in [5.74, 6) is 0.0985. The van der Waals surface area contributed by atoms with Crippen LogP contribution in [0.4, 0.5) is 0 Å². The predicted octanol–water partition coefficient (Wildman–Crippen LogP) is 2.83. The van der Waals surface area contributed by atoms with E-state index in [2.05, 4.69) is 29.0 Å². The number of thioether (sulfide) groups is 1. The average molecular weight is 287 g/mol.